The number of halogens is 1. The summed E-state index contributed by atoms with van der Waals surface area (Å²) in [6, 6.07) is 9.90. The van der Waals surface area contributed by atoms with E-state index in [1.54, 1.807) is 4.90 Å². The number of carbonyl (C=O) groups is 2. The van der Waals surface area contributed by atoms with Crippen LogP contribution in [0.25, 0.3) is 0 Å². The van der Waals surface area contributed by atoms with Crippen molar-refractivity contribution >= 4 is 24.2 Å². The molecule has 1 aromatic rings. The highest BCUT2D eigenvalue weighted by Crippen LogP contribution is 2.25. The Kier molecular flexibility index (Phi) is 11.0. The number of amides is 2. The van der Waals surface area contributed by atoms with Crippen LogP contribution in [0.4, 0.5) is 0 Å². The van der Waals surface area contributed by atoms with Gasteiger partial charge in [0.1, 0.15) is 0 Å². The average molecular weight is 382 g/mol. The molecular formula is C20H32ClN3O2. The van der Waals surface area contributed by atoms with Crippen LogP contribution in [0.3, 0.4) is 0 Å². The first-order chi connectivity index (χ1) is 12.2. The molecule has 0 unspecified atom stereocenters. The Morgan fingerprint density at radius 1 is 1.12 bits per heavy atom. The zero-order valence-electron chi connectivity index (χ0n) is 15.5. The van der Waals surface area contributed by atoms with Gasteiger partial charge in [-0.15, -0.1) is 12.4 Å². The van der Waals surface area contributed by atoms with Gasteiger partial charge in [0.25, 0.3) is 0 Å². The van der Waals surface area contributed by atoms with Crippen molar-refractivity contribution in [1.29, 1.82) is 0 Å². The normalized spacial score (nSPS) is 14.3. The molecule has 26 heavy (non-hydrogen) atoms. The number of nitrogens with two attached hydrogens (primary N) is 1. The van der Waals surface area contributed by atoms with E-state index in [1.807, 2.05) is 30.3 Å². The molecule has 1 saturated carbocycles. The number of hydrogen-bond donors (Lipinski definition) is 2. The predicted octanol–water partition coefficient (Wildman–Crippen LogP) is 2.87. The molecule has 146 valence electrons. The molecule has 0 atom stereocenters. The van der Waals surface area contributed by atoms with Gasteiger partial charge in [0.2, 0.25) is 11.8 Å². The summed E-state index contributed by atoms with van der Waals surface area (Å²) in [5, 5.41) is 2.81. The molecule has 0 radical (unpaired) electrons. The second kappa shape index (κ2) is 12.7. The van der Waals surface area contributed by atoms with Gasteiger partial charge in [-0.05, 0) is 37.3 Å². The van der Waals surface area contributed by atoms with Crippen molar-refractivity contribution in [2.45, 2.75) is 51.5 Å². The van der Waals surface area contributed by atoms with E-state index in [0.717, 1.165) is 24.8 Å². The molecule has 5 nitrogen and oxygen atoms in total. The zero-order valence-corrected chi connectivity index (χ0v) is 16.3. The van der Waals surface area contributed by atoms with E-state index >= 15 is 0 Å². The van der Waals surface area contributed by atoms with Crippen LogP contribution >= 0.6 is 12.4 Å². The lowest BCUT2D eigenvalue weighted by atomic mass is 9.87. The van der Waals surface area contributed by atoms with Gasteiger partial charge in [-0.25, -0.2) is 0 Å². The highest BCUT2D eigenvalue weighted by molar-refractivity contribution is 5.85. The van der Waals surface area contributed by atoms with Gasteiger partial charge >= 0.3 is 0 Å². The Balaban J connectivity index is 0.00000338. The van der Waals surface area contributed by atoms with Gasteiger partial charge in [-0.2, -0.15) is 0 Å². The standard InChI is InChI=1S/C20H31N3O2.ClH/c21-12-7-13-23(16-18-10-5-2-6-11-18)20(25)15-22-19(24)14-17-8-3-1-4-9-17;/h2,5-6,10-11,17H,1,3-4,7-9,12-16,21H2,(H,22,24);1H. The number of hydrogen-bond acceptors (Lipinski definition) is 3. The maximum Gasteiger partial charge on any atom is 0.242 e. The third kappa shape index (κ3) is 8.19. The number of nitrogens with zero attached hydrogens (tertiary/aromatic N) is 1. The molecule has 0 aliphatic heterocycles. The molecule has 1 aliphatic rings. The number of benzene rings is 1. The Morgan fingerprint density at radius 2 is 1.81 bits per heavy atom. The van der Waals surface area contributed by atoms with Crippen molar-refractivity contribution in [3.8, 4) is 0 Å². The summed E-state index contributed by atoms with van der Waals surface area (Å²) in [5.74, 6) is 0.439. The molecular weight excluding hydrogens is 350 g/mol. The Morgan fingerprint density at radius 3 is 2.46 bits per heavy atom. The molecule has 0 heterocycles. The van der Waals surface area contributed by atoms with Crippen molar-refractivity contribution < 1.29 is 9.59 Å². The molecule has 1 fully saturated rings. The van der Waals surface area contributed by atoms with E-state index < -0.39 is 0 Å². The first kappa shape index (κ1) is 22.5. The Hall–Kier alpha value is -1.59. The molecule has 0 spiro atoms. The minimum atomic E-state index is -0.0469. The Bertz CT molecular complexity index is 533. The Labute approximate surface area is 163 Å². The lowest BCUT2D eigenvalue weighted by Gasteiger charge is -2.24. The van der Waals surface area contributed by atoms with Crippen LogP contribution < -0.4 is 11.1 Å². The largest absolute Gasteiger partial charge is 0.347 e. The predicted molar refractivity (Wildman–Crippen MR) is 107 cm³/mol. The van der Waals surface area contributed by atoms with Gasteiger partial charge in [0.15, 0.2) is 0 Å². The molecule has 2 amide bonds. The molecule has 1 aromatic carbocycles. The second-order valence-corrected chi connectivity index (χ2v) is 6.93. The van der Waals surface area contributed by atoms with Crippen molar-refractivity contribution in [2.24, 2.45) is 11.7 Å². The topological polar surface area (TPSA) is 75.4 Å². The third-order valence-electron chi connectivity index (χ3n) is 4.84. The van der Waals surface area contributed by atoms with E-state index in [-0.39, 0.29) is 30.8 Å². The summed E-state index contributed by atoms with van der Waals surface area (Å²) in [5.41, 5.74) is 6.67. The summed E-state index contributed by atoms with van der Waals surface area (Å²) >= 11 is 0. The number of carbonyl (C=O) groups excluding carboxylic acids is 2. The van der Waals surface area contributed by atoms with E-state index in [1.165, 1.54) is 19.3 Å². The van der Waals surface area contributed by atoms with Crippen molar-refractivity contribution in [3.05, 3.63) is 35.9 Å². The summed E-state index contributed by atoms with van der Waals surface area (Å²) in [4.78, 5) is 26.4. The molecule has 2 rings (SSSR count). The molecule has 3 N–H and O–H groups in total. The minimum absolute atomic E-state index is 0. The van der Waals surface area contributed by atoms with Crippen molar-refractivity contribution in [3.63, 3.8) is 0 Å². The summed E-state index contributed by atoms with van der Waals surface area (Å²) in [6.07, 6.45) is 7.31. The molecule has 0 aromatic heterocycles. The lowest BCUT2D eigenvalue weighted by Crippen LogP contribution is -2.41. The van der Waals surface area contributed by atoms with Crippen LogP contribution in [0.5, 0.6) is 0 Å². The van der Waals surface area contributed by atoms with Crippen LogP contribution in [0, 0.1) is 5.92 Å². The van der Waals surface area contributed by atoms with Crippen molar-refractivity contribution in [1.82, 2.24) is 10.2 Å². The van der Waals surface area contributed by atoms with Gasteiger partial charge in [0.05, 0.1) is 6.54 Å². The lowest BCUT2D eigenvalue weighted by molar-refractivity contribution is -0.133. The smallest absolute Gasteiger partial charge is 0.242 e. The van der Waals surface area contributed by atoms with Crippen LogP contribution in [0.1, 0.15) is 50.5 Å². The van der Waals surface area contributed by atoms with E-state index in [9.17, 15) is 9.59 Å². The number of rotatable bonds is 9. The highest BCUT2D eigenvalue weighted by atomic mass is 35.5. The fraction of sp³-hybridized carbons (Fsp3) is 0.600. The zero-order chi connectivity index (χ0) is 17.9. The van der Waals surface area contributed by atoms with Crippen LogP contribution in [-0.4, -0.2) is 36.3 Å². The minimum Gasteiger partial charge on any atom is -0.347 e. The molecule has 0 saturated heterocycles. The van der Waals surface area contributed by atoms with Gasteiger partial charge < -0.3 is 16.0 Å². The maximum absolute atomic E-state index is 12.5. The average Bonchev–Trinajstić information content (AvgIpc) is 2.65. The van der Waals surface area contributed by atoms with Crippen LogP contribution in [-0.2, 0) is 16.1 Å². The quantitative estimate of drug-likeness (QED) is 0.690. The first-order valence-corrected chi connectivity index (χ1v) is 9.47. The summed E-state index contributed by atoms with van der Waals surface area (Å²) in [7, 11) is 0. The van der Waals surface area contributed by atoms with Crippen LogP contribution in [0.15, 0.2) is 30.3 Å². The van der Waals surface area contributed by atoms with E-state index in [0.29, 0.717) is 32.0 Å². The van der Waals surface area contributed by atoms with Crippen molar-refractivity contribution in [2.75, 3.05) is 19.6 Å². The first-order valence-electron chi connectivity index (χ1n) is 9.47. The summed E-state index contributed by atoms with van der Waals surface area (Å²) < 4.78 is 0. The van der Waals surface area contributed by atoms with Crippen LogP contribution in [0.2, 0.25) is 0 Å². The molecule has 1 aliphatic carbocycles. The second-order valence-electron chi connectivity index (χ2n) is 6.93. The van der Waals surface area contributed by atoms with Gasteiger partial charge in [-0.3, -0.25) is 9.59 Å². The third-order valence-corrected chi connectivity index (χ3v) is 4.84. The van der Waals surface area contributed by atoms with E-state index in [2.05, 4.69) is 5.32 Å². The molecule has 0 bridgehead atoms. The van der Waals surface area contributed by atoms with E-state index in [4.69, 9.17) is 5.73 Å². The van der Waals surface area contributed by atoms with Gasteiger partial charge in [-0.1, -0.05) is 49.6 Å². The summed E-state index contributed by atoms with van der Waals surface area (Å²) in [6.45, 7) is 1.79. The fourth-order valence-electron chi connectivity index (χ4n) is 3.39. The molecule has 6 heteroatoms. The SMILES string of the molecule is Cl.NCCCN(Cc1ccccc1)C(=O)CNC(=O)CC1CCCCC1. The highest BCUT2D eigenvalue weighted by Gasteiger charge is 2.19. The monoisotopic (exact) mass is 381 g/mol. The maximum atomic E-state index is 12.5. The fourth-order valence-corrected chi connectivity index (χ4v) is 3.39. The number of nitrogens with one attached hydrogen (secondary N) is 1. The van der Waals surface area contributed by atoms with Gasteiger partial charge in [0, 0.05) is 19.5 Å².